The molecule has 0 saturated carbocycles. The van der Waals surface area contributed by atoms with Crippen LogP contribution < -0.4 is 10.6 Å². The minimum atomic E-state index is 0.0218. The molecular formula is C11H14N2O. The summed E-state index contributed by atoms with van der Waals surface area (Å²) in [6.07, 6.45) is 0. The molecule has 0 unspecified atom stereocenters. The smallest absolute Gasteiger partial charge is 0.217 e. The van der Waals surface area contributed by atoms with Crippen LogP contribution in [0.15, 0.2) is 24.3 Å². The molecule has 0 aliphatic carbocycles. The molecule has 14 heavy (non-hydrogen) atoms. The Bertz CT molecular complexity index is 349. The minimum Gasteiger partial charge on any atom is -0.348 e. The lowest BCUT2D eigenvalue weighted by Crippen LogP contribution is -2.38. The lowest BCUT2D eigenvalue weighted by atomic mass is 9.97. The first-order chi connectivity index (χ1) is 6.77. The highest BCUT2D eigenvalue weighted by Gasteiger charge is 2.19. The highest BCUT2D eigenvalue weighted by Crippen LogP contribution is 2.21. The zero-order valence-electron chi connectivity index (χ0n) is 8.21. The number of carbonyl (C=O) groups excluding carboxylic acids is 1. The molecule has 1 aliphatic rings. The lowest BCUT2D eigenvalue weighted by molar-refractivity contribution is -0.119. The summed E-state index contributed by atoms with van der Waals surface area (Å²) < 4.78 is 0. The van der Waals surface area contributed by atoms with E-state index in [4.69, 9.17) is 0 Å². The monoisotopic (exact) mass is 190 g/mol. The van der Waals surface area contributed by atoms with E-state index in [0.29, 0.717) is 0 Å². The number of hydrogen-bond donors (Lipinski definition) is 2. The summed E-state index contributed by atoms with van der Waals surface area (Å²) in [4.78, 5) is 11.0. The Morgan fingerprint density at radius 2 is 2.29 bits per heavy atom. The fourth-order valence-electron chi connectivity index (χ4n) is 1.87. The molecule has 2 rings (SSSR count). The van der Waals surface area contributed by atoms with Crippen molar-refractivity contribution in [3.63, 3.8) is 0 Å². The predicted molar refractivity (Wildman–Crippen MR) is 54.7 cm³/mol. The standard InChI is InChI=1S/C11H14N2O/c1-8(14)13-11-7-12-6-9-4-2-3-5-10(9)11/h2-5,11-12H,6-7H2,1H3,(H,13,14)/t11-/m1/s1. The van der Waals surface area contributed by atoms with Crippen LogP contribution in [0.5, 0.6) is 0 Å². The first-order valence-corrected chi connectivity index (χ1v) is 4.83. The average molecular weight is 190 g/mol. The Kier molecular flexibility index (Phi) is 2.50. The highest BCUT2D eigenvalue weighted by atomic mass is 16.1. The Hall–Kier alpha value is -1.35. The molecule has 0 saturated heterocycles. The van der Waals surface area contributed by atoms with Crippen molar-refractivity contribution < 1.29 is 4.79 Å². The van der Waals surface area contributed by atoms with Crippen LogP contribution in [0, 0.1) is 0 Å². The molecule has 0 fully saturated rings. The maximum Gasteiger partial charge on any atom is 0.217 e. The number of carbonyl (C=O) groups is 1. The second kappa shape index (κ2) is 3.80. The molecule has 1 aromatic rings. The first kappa shape index (κ1) is 9.21. The molecular weight excluding hydrogens is 176 g/mol. The van der Waals surface area contributed by atoms with Gasteiger partial charge in [0.2, 0.25) is 5.91 Å². The second-order valence-corrected chi connectivity index (χ2v) is 3.58. The van der Waals surface area contributed by atoms with E-state index >= 15 is 0 Å². The summed E-state index contributed by atoms with van der Waals surface area (Å²) in [5.74, 6) is 0.0218. The molecule has 0 spiro atoms. The lowest BCUT2D eigenvalue weighted by Gasteiger charge is -2.26. The number of rotatable bonds is 1. The molecule has 74 valence electrons. The van der Waals surface area contributed by atoms with Crippen molar-refractivity contribution in [1.29, 1.82) is 0 Å². The molecule has 2 N–H and O–H groups in total. The van der Waals surface area contributed by atoms with Gasteiger partial charge in [0.15, 0.2) is 0 Å². The third-order valence-electron chi connectivity index (χ3n) is 2.47. The van der Waals surface area contributed by atoms with Crippen molar-refractivity contribution >= 4 is 5.91 Å². The molecule has 1 heterocycles. The van der Waals surface area contributed by atoms with Gasteiger partial charge in [-0.3, -0.25) is 4.79 Å². The van der Waals surface area contributed by atoms with Crippen molar-refractivity contribution in [2.45, 2.75) is 19.5 Å². The van der Waals surface area contributed by atoms with E-state index in [1.54, 1.807) is 6.92 Å². The summed E-state index contributed by atoms with van der Waals surface area (Å²) >= 11 is 0. The van der Waals surface area contributed by atoms with Gasteiger partial charge in [0.1, 0.15) is 0 Å². The maximum atomic E-state index is 11.0. The molecule has 1 aliphatic heterocycles. The molecule has 3 nitrogen and oxygen atoms in total. The van der Waals surface area contributed by atoms with E-state index < -0.39 is 0 Å². The third kappa shape index (κ3) is 1.77. The summed E-state index contributed by atoms with van der Waals surface area (Å²) in [7, 11) is 0. The molecule has 1 amide bonds. The second-order valence-electron chi connectivity index (χ2n) is 3.58. The van der Waals surface area contributed by atoms with Gasteiger partial charge in [-0.05, 0) is 11.1 Å². The number of benzene rings is 1. The highest BCUT2D eigenvalue weighted by molar-refractivity contribution is 5.73. The Morgan fingerprint density at radius 3 is 3.07 bits per heavy atom. The van der Waals surface area contributed by atoms with E-state index in [1.807, 2.05) is 12.1 Å². The normalized spacial score (nSPS) is 19.9. The number of hydrogen-bond acceptors (Lipinski definition) is 2. The Balaban J connectivity index is 2.26. The van der Waals surface area contributed by atoms with Gasteiger partial charge in [-0.2, -0.15) is 0 Å². The Labute approximate surface area is 83.5 Å². The van der Waals surface area contributed by atoms with Crippen molar-refractivity contribution in [2.24, 2.45) is 0 Å². The maximum absolute atomic E-state index is 11.0. The first-order valence-electron chi connectivity index (χ1n) is 4.83. The molecule has 1 atom stereocenters. The fourth-order valence-corrected chi connectivity index (χ4v) is 1.87. The molecule has 0 bridgehead atoms. The van der Waals surface area contributed by atoms with Crippen LogP contribution in [0.2, 0.25) is 0 Å². The molecule has 3 heteroatoms. The number of amides is 1. The van der Waals surface area contributed by atoms with Gasteiger partial charge in [0, 0.05) is 20.0 Å². The number of nitrogens with one attached hydrogen (secondary N) is 2. The topological polar surface area (TPSA) is 41.1 Å². The van der Waals surface area contributed by atoms with Crippen LogP contribution in [-0.4, -0.2) is 12.5 Å². The van der Waals surface area contributed by atoms with E-state index in [0.717, 1.165) is 13.1 Å². The van der Waals surface area contributed by atoms with Gasteiger partial charge in [-0.15, -0.1) is 0 Å². The van der Waals surface area contributed by atoms with E-state index in [2.05, 4.69) is 22.8 Å². The largest absolute Gasteiger partial charge is 0.348 e. The van der Waals surface area contributed by atoms with Gasteiger partial charge >= 0.3 is 0 Å². The van der Waals surface area contributed by atoms with Gasteiger partial charge in [-0.25, -0.2) is 0 Å². The van der Waals surface area contributed by atoms with E-state index in [-0.39, 0.29) is 11.9 Å². The quantitative estimate of drug-likeness (QED) is 0.692. The summed E-state index contributed by atoms with van der Waals surface area (Å²) in [5, 5.41) is 6.22. The Morgan fingerprint density at radius 1 is 1.50 bits per heavy atom. The fraction of sp³-hybridized carbons (Fsp3) is 0.364. The summed E-state index contributed by atoms with van der Waals surface area (Å²) in [5.41, 5.74) is 2.51. The average Bonchev–Trinajstić information content (AvgIpc) is 2.18. The molecule has 0 radical (unpaired) electrons. The third-order valence-corrected chi connectivity index (χ3v) is 2.47. The van der Waals surface area contributed by atoms with Crippen LogP contribution in [-0.2, 0) is 11.3 Å². The van der Waals surface area contributed by atoms with Crippen molar-refractivity contribution in [2.75, 3.05) is 6.54 Å². The van der Waals surface area contributed by atoms with E-state index in [1.165, 1.54) is 11.1 Å². The van der Waals surface area contributed by atoms with E-state index in [9.17, 15) is 4.79 Å². The zero-order chi connectivity index (χ0) is 9.97. The van der Waals surface area contributed by atoms with Crippen LogP contribution in [0.1, 0.15) is 24.1 Å². The van der Waals surface area contributed by atoms with Crippen LogP contribution in [0.25, 0.3) is 0 Å². The van der Waals surface area contributed by atoms with Crippen LogP contribution in [0.3, 0.4) is 0 Å². The van der Waals surface area contributed by atoms with Gasteiger partial charge in [-0.1, -0.05) is 24.3 Å². The molecule has 0 aromatic heterocycles. The molecule has 1 aromatic carbocycles. The van der Waals surface area contributed by atoms with Crippen molar-refractivity contribution in [3.8, 4) is 0 Å². The summed E-state index contributed by atoms with van der Waals surface area (Å²) in [6.45, 7) is 3.26. The predicted octanol–water partition coefficient (Wildman–Crippen LogP) is 0.967. The van der Waals surface area contributed by atoms with Crippen LogP contribution in [0.4, 0.5) is 0 Å². The van der Waals surface area contributed by atoms with Gasteiger partial charge in [0.25, 0.3) is 0 Å². The SMILES string of the molecule is CC(=O)N[C@@H]1CNCc2ccccc21. The van der Waals surface area contributed by atoms with Gasteiger partial charge in [0.05, 0.1) is 6.04 Å². The minimum absolute atomic E-state index is 0.0218. The van der Waals surface area contributed by atoms with Crippen LogP contribution >= 0.6 is 0 Å². The summed E-state index contributed by atoms with van der Waals surface area (Å²) in [6, 6.07) is 8.33. The number of fused-ring (bicyclic) bond motifs is 1. The van der Waals surface area contributed by atoms with Gasteiger partial charge < -0.3 is 10.6 Å². The van der Waals surface area contributed by atoms with Crippen molar-refractivity contribution in [1.82, 2.24) is 10.6 Å². The zero-order valence-corrected chi connectivity index (χ0v) is 8.21. The van der Waals surface area contributed by atoms with Crippen molar-refractivity contribution in [3.05, 3.63) is 35.4 Å².